The Labute approximate surface area is 127 Å². The van der Waals surface area contributed by atoms with Crippen molar-refractivity contribution in [2.45, 2.75) is 58.8 Å². The zero-order chi connectivity index (χ0) is 15.8. The van der Waals surface area contributed by atoms with Crippen molar-refractivity contribution in [2.75, 3.05) is 0 Å². The Morgan fingerprint density at radius 1 is 1.14 bits per heavy atom. The number of hydrogen-bond acceptors (Lipinski definition) is 4. The summed E-state index contributed by atoms with van der Waals surface area (Å²) in [6.07, 6.45) is 0.0408. The molecule has 1 aromatic rings. The van der Waals surface area contributed by atoms with Crippen LogP contribution in [-0.4, -0.2) is 24.4 Å². The van der Waals surface area contributed by atoms with Crippen LogP contribution < -0.4 is 10.2 Å². The highest BCUT2D eigenvalue weighted by molar-refractivity contribution is 6.63. The molecule has 1 saturated heterocycles. The van der Waals surface area contributed by atoms with Gasteiger partial charge in [0.05, 0.1) is 28.9 Å². The van der Waals surface area contributed by atoms with Gasteiger partial charge >= 0.3 is 7.12 Å². The van der Waals surface area contributed by atoms with E-state index < -0.39 is 18.3 Å². The maximum absolute atomic E-state index is 9.11. The summed E-state index contributed by atoms with van der Waals surface area (Å²) in [7, 11) is -0.531. The molecule has 5 heteroatoms. The molecular formula is C16H22BNO3. The van der Waals surface area contributed by atoms with Crippen LogP contribution in [0.15, 0.2) is 18.2 Å². The summed E-state index contributed by atoms with van der Waals surface area (Å²) in [4.78, 5) is 0. The van der Waals surface area contributed by atoms with Crippen molar-refractivity contribution in [1.82, 2.24) is 0 Å². The van der Waals surface area contributed by atoms with Crippen molar-refractivity contribution >= 4 is 12.6 Å². The fourth-order valence-electron chi connectivity index (χ4n) is 2.13. The van der Waals surface area contributed by atoms with Crippen molar-refractivity contribution in [3.8, 4) is 11.8 Å². The predicted octanol–water partition coefficient (Wildman–Crippen LogP) is 2.64. The van der Waals surface area contributed by atoms with Gasteiger partial charge in [-0.15, -0.1) is 0 Å². The highest BCUT2D eigenvalue weighted by Crippen LogP contribution is 2.37. The molecule has 1 fully saturated rings. The Hall–Kier alpha value is -1.51. The van der Waals surface area contributed by atoms with E-state index in [-0.39, 0.29) is 6.10 Å². The Balaban J connectivity index is 2.41. The molecule has 21 heavy (non-hydrogen) atoms. The van der Waals surface area contributed by atoms with Crippen molar-refractivity contribution in [1.29, 1.82) is 5.26 Å². The molecular weight excluding hydrogens is 265 g/mol. The smallest absolute Gasteiger partial charge is 0.491 e. The molecule has 0 N–H and O–H groups in total. The van der Waals surface area contributed by atoms with Gasteiger partial charge in [-0.05, 0) is 59.7 Å². The van der Waals surface area contributed by atoms with Gasteiger partial charge in [0, 0.05) is 5.46 Å². The number of ether oxygens (including phenoxy) is 1. The molecule has 0 amide bonds. The third kappa shape index (κ3) is 3.07. The molecule has 0 atom stereocenters. The van der Waals surface area contributed by atoms with Crippen LogP contribution >= 0.6 is 0 Å². The second-order valence-electron chi connectivity index (χ2n) is 6.62. The normalized spacial score (nSPS) is 19.6. The van der Waals surface area contributed by atoms with E-state index >= 15 is 0 Å². The predicted molar refractivity (Wildman–Crippen MR) is 82.6 cm³/mol. The summed E-state index contributed by atoms with van der Waals surface area (Å²) in [6.45, 7) is 11.9. The van der Waals surface area contributed by atoms with E-state index in [1.807, 2.05) is 41.5 Å². The first-order chi connectivity index (χ1) is 9.66. The highest BCUT2D eigenvalue weighted by atomic mass is 16.7. The first-order valence-electron chi connectivity index (χ1n) is 7.22. The molecule has 1 heterocycles. The highest BCUT2D eigenvalue weighted by Gasteiger charge is 2.52. The minimum absolute atomic E-state index is 0.0408. The molecule has 112 valence electrons. The molecule has 0 bridgehead atoms. The Kier molecular flexibility index (Phi) is 4.05. The van der Waals surface area contributed by atoms with E-state index in [2.05, 4.69) is 6.07 Å². The number of hydrogen-bond donors (Lipinski definition) is 0. The average Bonchev–Trinajstić information content (AvgIpc) is 2.58. The SMILES string of the molecule is CC(C)Oc1ccc(C#N)cc1B1OC(C)(C)C(C)(C)O1. The third-order valence-electron chi connectivity index (χ3n) is 4.01. The fraction of sp³-hybridized carbons (Fsp3) is 0.562. The standard InChI is InChI=1S/C16H22BNO3/c1-11(2)19-14-8-7-12(10-18)9-13(14)17-20-15(3,4)16(5,6)21-17/h7-9,11H,1-6H3. The Morgan fingerprint density at radius 3 is 2.19 bits per heavy atom. The van der Waals surface area contributed by atoms with E-state index in [1.165, 1.54) is 0 Å². The van der Waals surface area contributed by atoms with Crippen molar-refractivity contribution in [3.63, 3.8) is 0 Å². The maximum atomic E-state index is 9.11. The summed E-state index contributed by atoms with van der Waals surface area (Å²) in [6, 6.07) is 7.47. The number of nitriles is 1. The summed E-state index contributed by atoms with van der Waals surface area (Å²) >= 11 is 0. The second kappa shape index (κ2) is 5.36. The Morgan fingerprint density at radius 2 is 1.71 bits per heavy atom. The van der Waals surface area contributed by atoms with Crippen molar-refractivity contribution < 1.29 is 14.0 Å². The van der Waals surface area contributed by atoms with Crippen molar-refractivity contribution in [2.24, 2.45) is 0 Å². The summed E-state index contributed by atoms with van der Waals surface area (Å²) in [5, 5.41) is 9.11. The van der Waals surface area contributed by atoms with Gasteiger partial charge in [-0.2, -0.15) is 5.26 Å². The lowest BCUT2D eigenvalue weighted by Gasteiger charge is -2.32. The van der Waals surface area contributed by atoms with E-state index in [0.717, 1.165) is 5.46 Å². The largest absolute Gasteiger partial charge is 0.498 e. The topological polar surface area (TPSA) is 51.5 Å². The van der Waals surface area contributed by atoms with E-state index in [0.29, 0.717) is 11.3 Å². The van der Waals surface area contributed by atoms with Crippen LogP contribution in [0.25, 0.3) is 0 Å². The van der Waals surface area contributed by atoms with Crippen molar-refractivity contribution in [3.05, 3.63) is 23.8 Å². The van der Waals surface area contributed by atoms with Gasteiger partial charge in [-0.1, -0.05) is 0 Å². The van der Waals surface area contributed by atoms with Crippen LogP contribution in [0, 0.1) is 11.3 Å². The fourth-order valence-corrected chi connectivity index (χ4v) is 2.13. The first-order valence-corrected chi connectivity index (χ1v) is 7.22. The first kappa shape index (κ1) is 15.9. The zero-order valence-electron chi connectivity index (χ0n) is 13.6. The lowest BCUT2D eigenvalue weighted by atomic mass is 9.77. The van der Waals surface area contributed by atoms with Gasteiger partial charge in [0.25, 0.3) is 0 Å². The number of rotatable bonds is 3. The average molecular weight is 287 g/mol. The van der Waals surface area contributed by atoms with Gasteiger partial charge in [-0.3, -0.25) is 0 Å². The van der Waals surface area contributed by atoms with Gasteiger partial charge < -0.3 is 14.0 Å². The van der Waals surface area contributed by atoms with Crippen LogP contribution in [0.5, 0.6) is 5.75 Å². The molecule has 0 aromatic heterocycles. The van der Waals surface area contributed by atoms with Gasteiger partial charge in [0.1, 0.15) is 5.75 Å². The molecule has 0 unspecified atom stereocenters. The minimum Gasteiger partial charge on any atom is -0.491 e. The van der Waals surface area contributed by atoms with Crippen LogP contribution in [0.2, 0.25) is 0 Å². The molecule has 0 radical (unpaired) electrons. The summed E-state index contributed by atoms with van der Waals surface area (Å²) in [5.41, 5.74) is 0.488. The van der Waals surface area contributed by atoms with Gasteiger partial charge in [-0.25, -0.2) is 0 Å². The van der Waals surface area contributed by atoms with Gasteiger partial charge in [0.15, 0.2) is 0 Å². The summed E-state index contributed by atoms with van der Waals surface area (Å²) < 4.78 is 17.9. The van der Waals surface area contributed by atoms with Crippen LogP contribution in [0.1, 0.15) is 47.1 Å². The van der Waals surface area contributed by atoms with E-state index in [9.17, 15) is 0 Å². The molecule has 1 aliphatic rings. The Bertz CT molecular complexity index is 559. The van der Waals surface area contributed by atoms with Crippen LogP contribution in [0.3, 0.4) is 0 Å². The van der Waals surface area contributed by atoms with Gasteiger partial charge in [0.2, 0.25) is 0 Å². The minimum atomic E-state index is -0.531. The third-order valence-corrected chi connectivity index (χ3v) is 4.01. The molecule has 1 aliphatic heterocycles. The molecule has 2 rings (SSSR count). The van der Waals surface area contributed by atoms with Crippen LogP contribution in [-0.2, 0) is 9.31 Å². The summed E-state index contributed by atoms with van der Waals surface area (Å²) in [5.74, 6) is 0.697. The lowest BCUT2D eigenvalue weighted by Crippen LogP contribution is -2.41. The van der Waals surface area contributed by atoms with E-state index in [1.54, 1.807) is 18.2 Å². The molecule has 0 spiro atoms. The zero-order valence-corrected chi connectivity index (χ0v) is 13.6. The number of benzene rings is 1. The molecule has 1 aromatic carbocycles. The van der Waals surface area contributed by atoms with E-state index in [4.69, 9.17) is 19.3 Å². The lowest BCUT2D eigenvalue weighted by molar-refractivity contribution is 0.00578. The maximum Gasteiger partial charge on any atom is 0.498 e. The second-order valence-corrected chi connectivity index (χ2v) is 6.62. The quantitative estimate of drug-likeness (QED) is 0.802. The monoisotopic (exact) mass is 287 g/mol. The number of nitrogens with zero attached hydrogens (tertiary/aromatic N) is 1. The molecule has 4 nitrogen and oxygen atoms in total. The van der Waals surface area contributed by atoms with Crippen LogP contribution in [0.4, 0.5) is 0 Å². The molecule has 0 saturated carbocycles. The molecule has 0 aliphatic carbocycles.